The predicted molar refractivity (Wildman–Crippen MR) is 423 cm³/mol. The lowest BCUT2D eigenvalue weighted by molar-refractivity contribution is -0.161. The number of aliphatic hydroxyl groups excluding tert-OH is 1. The summed E-state index contributed by atoms with van der Waals surface area (Å²) in [5, 5.41) is 10.7. The van der Waals surface area contributed by atoms with Gasteiger partial charge in [-0.2, -0.15) is 0 Å². The Morgan fingerprint density at radius 1 is 0.272 bits per heavy atom. The molecule has 3 N–H and O–H groups in total. The Balaban J connectivity index is 5.21. The number of aliphatic hydroxyl groups is 1. The number of phosphoric acid groups is 2. The summed E-state index contributed by atoms with van der Waals surface area (Å²) in [5.74, 6) is 1.03. The normalized spacial score (nSPS) is 14.2. The summed E-state index contributed by atoms with van der Waals surface area (Å²) in [4.78, 5) is 73.1. The molecule has 17 nitrogen and oxygen atoms in total. The topological polar surface area (TPSA) is 237 Å². The van der Waals surface area contributed by atoms with E-state index in [-0.39, 0.29) is 25.7 Å². The maximum absolute atomic E-state index is 13.1. The molecule has 0 bridgehead atoms. The third-order valence-corrected chi connectivity index (χ3v) is 21.8. The van der Waals surface area contributed by atoms with Crippen LogP contribution in [-0.4, -0.2) is 96.7 Å². The fourth-order valence-corrected chi connectivity index (χ4v) is 14.5. The summed E-state index contributed by atoms with van der Waals surface area (Å²) in [7, 11) is -9.93. The molecule has 0 radical (unpaired) electrons. The molecule has 6 atom stereocenters. The molecule has 19 heteroatoms. The van der Waals surface area contributed by atoms with Crippen molar-refractivity contribution in [3.63, 3.8) is 0 Å². The smallest absolute Gasteiger partial charge is 0.462 e. The van der Waals surface area contributed by atoms with E-state index in [0.29, 0.717) is 31.6 Å². The van der Waals surface area contributed by atoms with Gasteiger partial charge in [0.15, 0.2) is 12.2 Å². The molecule has 0 aromatic carbocycles. The van der Waals surface area contributed by atoms with Gasteiger partial charge >= 0.3 is 39.5 Å². The van der Waals surface area contributed by atoms with Crippen molar-refractivity contribution in [3.8, 4) is 0 Å². The number of hydrogen-bond acceptors (Lipinski definition) is 15. The highest BCUT2D eigenvalue weighted by atomic mass is 31.2. The van der Waals surface area contributed by atoms with Gasteiger partial charge in [0.2, 0.25) is 0 Å². The van der Waals surface area contributed by atoms with E-state index in [1.54, 1.807) is 0 Å². The van der Waals surface area contributed by atoms with E-state index in [0.717, 1.165) is 114 Å². The van der Waals surface area contributed by atoms with Crippen LogP contribution in [-0.2, 0) is 65.4 Å². The Labute approximate surface area is 632 Å². The molecule has 103 heavy (non-hydrogen) atoms. The zero-order valence-corrected chi connectivity index (χ0v) is 69.7. The Bertz CT molecular complexity index is 2010. The number of hydrogen-bond donors (Lipinski definition) is 3. The van der Waals surface area contributed by atoms with Crippen LogP contribution >= 0.6 is 15.6 Å². The zero-order valence-electron chi connectivity index (χ0n) is 68.0. The van der Waals surface area contributed by atoms with Crippen molar-refractivity contribution in [2.24, 2.45) is 23.7 Å². The molecule has 0 aliphatic rings. The highest BCUT2D eigenvalue weighted by molar-refractivity contribution is 7.47. The summed E-state index contributed by atoms with van der Waals surface area (Å²) < 4.78 is 68.8. The van der Waals surface area contributed by atoms with Gasteiger partial charge in [-0.25, -0.2) is 9.13 Å². The van der Waals surface area contributed by atoms with Gasteiger partial charge in [0.05, 0.1) is 26.4 Å². The molecule has 0 saturated carbocycles. The molecule has 612 valence electrons. The molecular weight excluding hydrogens is 1340 g/mol. The number of carbonyl (C=O) groups is 4. The Morgan fingerprint density at radius 3 is 0.689 bits per heavy atom. The Hall–Kier alpha value is -1.94. The lowest BCUT2D eigenvalue weighted by atomic mass is 9.99. The number of esters is 4. The standard InChI is InChI=1S/C84H164O17P2/c1-9-77(8)63-55-47-39-31-25-19-16-17-21-27-34-42-51-59-67-83(88)100-79(70-94-81(86)64-56-48-40-32-28-22-24-30-37-45-53-61-75(4)5)72-98-102(90,91)96-68-78(85)69-97-103(92,93)99-73-80(71-95-82(87)65-57-49-43-35-38-46-54-62-76(6)7)101-84(89)66-58-50-41-33-26-20-15-13-11-10-12-14-18-23-29-36-44-52-60-74(2)3/h74-80,85H,9-73H2,1-8H3,(H,90,91)(H,92,93)/t77?,78?,79-,80-/m1/s1. The predicted octanol–water partition coefficient (Wildman–Crippen LogP) is 25.2. The minimum Gasteiger partial charge on any atom is -0.462 e. The fraction of sp³-hybridized carbons (Fsp3) is 0.952. The third-order valence-electron chi connectivity index (χ3n) is 19.9. The lowest BCUT2D eigenvalue weighted by Gasteiger charge is -2.21. The van der Waals surface area contributed by atoms with Crippen LogP contribution in [0, 0.1) is 23.7 Å². The van der Waals surface area contributed by atoms with Crippen molar-refractivity contribution in [2.45, 2.75) is 453 Å². The second-order valence-corrected chi connectivity index (χ2v) is 34.8. The van der Waals surface area contributed by atoms with Crippen molar-refractivity contribution in [1.82, 2.24) is 0 Å². The van der Waals surface area contributed by atoms with E-state index in [9.17, 15) is 43.2 Å². The summed E-state index contributed by atoms with van der Waals surface area (Å²) in [6.45, 7) is 14.3. The zero-order chi connectivity index (χ0) is 76.0. The summed E-state index contributed by atoms with van der Waals surface area (Å²) >= 11 is 0. The molecule has 0 aromatic rings. The van der Waals surface area contributed by atoms with Crippen LogP contribution in [0.3, 0.4) is 0 Å². The molecule has 4 unspecified atom stereocenters. The van der Waals surface area contributed by atoms with Crippen LogP contribution in [0.2, 0.25) is 0 Å². The maximum atomic E-state index is 13.1. The van der Waals surface area contributed by atoms with Gasteiger partial charge in [0.1, 0.15) is 19.3 Å². The van der Waals surface area contributed by atoms with E-state index in [4.69, 9.17) is 37.0 Å². The molecule has 0 fully saturated rings. The average Bonchev–Trinajstić information content (AvgIpc) is 0.958. The monoisotopic (exact) mass is 1510 g/mol. The van der Waals surface area contributed by atoms with E-state index in [1.165, 1.54) is 231 Å². The van der Waals surface area contributed by atoms with Crippen molar-refractivity contribution in [3.05, 3.63) is 0 Å². The minimum absolute atomic E-state index is 0.107. The SMILES string of the molecule is CCC(C)CCCCCCCCCCCCCCCCC(=O)O[C@H](COC(=O)CCCCCCCCCCCCCC(C)C)COP(=O)(O)OCC(O)COP(=O)(O)OC[C@@H](COC(=O)CCCCCCCCCC(C)C)OC(=O)CCCCCCCCCCCCCCCCCCCCC(C)C. The number of rotatable bonds is 81. The third kappa shape index (κ3) is 76.6. The van der Waals surface area contributed by atoms with Crippen LogP contribution in [0.15, 0.2) is 0 Å². The van der Waals surface area contributed by atoms with Crippen molar-refractivity contribution in [1.29, 1.82) is 0 Å². The molecule has 0 aliphatic carbocycles. The molecule has 0 aromatic heterocycles. The highest BCUT2D eigenvalue weighted by Crippen LogP contribution is 2.45. The molecule has 0 saturated heterocycles. The Morgan fingerprint density at radius 2 is 0.466 bits per heavy atom. The van der Waals surface area contributed by atoms with Gasteiger partial charge in [0, 0.05) is 25.7 Å². The minimum atomic E-state index is -4.96. The number of phosphoric ester groups is 2. The van der Waals surface area contributed by atoms with Gasteiger partial charge < -0.3 is 33.8 Å². The van der Waals surface area contributed by atoms with Gasteiger partial charge in [-0.15, -0.1) is 0 Å². The average molecular weight is 1510 g/mol. The van der Waals surface area contributed by atoms with E-state index in [1.807, 2.05) is 0 Å². The van der Waals surface area contributed by atoms with Crippen LogP contribution < -0.4 is 0 Å². The molecule has 0 aliphatic heterocycles. The summed E-state index contributed by atoms with van der Waals surface area (Å²) in [5.41, 5.74) is 0. The molecular formula is C84H164O17P2. The lowest BCUT2D eigenvalue weighted by Crippen LogP contribution is -2.30. The van der Waals surface area contributed by atoms with Crippen LogP contribution in [0.25, 0.3) is 0 Å². The first-order valence-corrected chi connectivity index (χ1v) is 46.2. The van der Waals surface area contributed by atoms with Crippen molar-refractivity contribution < 1.29 is 80.2 Å². The second kappa shape index (κ2) is 72.9. The Kier molecular flexibility index (Phi) is 71.5. The number of unbranched alkanes of at least 4 members (excludes halogenated alkanes) is 46. The first-order chi connectivity index (χ1) is 49.6. The quantitative estimate of drug-likeness (QED) is 0.0222. The van der Waals surface area contributed by atoms with Gasteiger partial charge in [-0.05, 0) is 49.4 Å². The molecule has 0 spiro atoms. The van der Waals surface area contributed by atoms with Crippen LogP contribution in [0.4, 0.5) is 0 Å². The van der Waals surface area contributed by atoms with Crippen LogP contribution in [0.5, 0.6) is 0 Å². The van der Waals surface area contributed by atoms with Gasteiger partial charge in [-0.3, -0.25) is 37.3 Å². The first kappa shape index (κ1) is 101. The van der Waals surface area contributed by atoms with Gasteiger partial charge in [0.25, 0.3) is 0 Å². The number of carbonyl (C=O) groups excluding carboxylic acids is 4. The molecule has 0 rings (SSSR count). The van der Waals surface area contributed by atoms with Crippen molar-refractivity contribution >= 4 is 39.5 Å². The highest BCUT2D eigenvalue weighted by Gasteiger charge is 2.30. The fourth-order valence-electron chi connectivity index (χ4n) is 12.9. The van der Waals surface area contributed by atoms with Crippen LogP contribution in [0.1, 0.15) is 434 Å². The van der Waals surface area contributed by atoms with Crippen molar-refractivity contribution in [2.75, 3.05) is 39.6 Å². The first-order valence-electron chi connectivity index (χ1n) is 43.2. The summed E-state index contributed by atoms with van der Waals surface area (Å²) in [6.07, 6.45) is 61.1. The van der Waals surface area contributed by atoms with E-state index < -0.39 is 97.5 Å². The van der Waals surface area contributed by atoms with E-state index in [2.05, 4.69) is 55.4 Å². The maximum Gasteiger partial charge on any atom is 0.472 e. The molecule has 0 heterocycles. The second-order valence-electron chi connectivity index (χ2n) is 31.9. The molecule has 0 amide bonds. The van der Waals surface area contributed by atoms with E-state index >= 15 is 0 Å². The number of ether oxygens (including phenoxy) is 4. The van der Waals surface area contributed by atoms with Gasteiger partial charge in [-0.1, -0.05) is 383 Å². The largest absolute Gasteiger partial charge is 0.472 e. The summed E-state index contributed by atoms with van der Waals surface area (Å²) in [6, 6.07) is 0.